The molecular formula is C3H7Cl4OSn-. The summed E-state index contributed by atoms with van der Waals surface area (Å²) in [6, 6.07) is 0. The van der Waals surface area contributed by atoms with Gasteiger partial charge in [-0.05, 0) is 0 Å². The Morgan fingerprint density at radius 2 is 0.889 bits per heavy atom. The maximum Gasteiger partial charge on any atom is 4.00 e. The molecule has 0 unspecified atom stereocenters. The van der Waals surface area contributed by atoms with Crippen molar-refractivity contribution >= 4 is 23.9 Å². The van der Waals surface area contributed by atoms with Crippen LogP contribution in [0.2, 0.25) is 0 Å². The molecule has 0 aliphatic carbocycles. The van der Waals surface area contributed by atoms with Crippen LogP contribution in [0.25, 0.3) is 0 Å². The number of hydrogen-bond acceptors (Lipinski definition) is 1. The zero-order valence-corrected chi connectivity index (χ0v) is 10.9. The normalized spacial score (nSPS) is 4.00. The Hall–Kier alpha value is 1.92. The third kappa shape index (κ3) is 169. The van der Waals surface area contributed by atoms with E-state index in [0.717, 1.165) is 0 Å². The predicted octanol–water partition coefficient (Wildman–Crippen LogP) is -12.6. The summed E-state index contributed by atoms with van der Waals surface area (Å²) in [5.74, 6) is 0. The number of halogens is 4. The van der Waals surface area contributed by atoms with Crippen LogP contribution in [0, 0.1) is 0 Å². The summed E-state index contributed by atoms with van der Waals surface area (Å²) < 4.78 is 0. The molecule has 0 rings (SSSR count). The minimum atomic E-state index is -0.417. The van der Waals surface area contributed by atoms with Gasteiger partial charge in [0, 0.05) is 0 Å². The van der Waals surface area contributed by atoms with Crippen LogP contribution < -0.4 is 54.7 Å². The van der Waals surface area contributed by atoms with E-state index in [0.29, 0.717) is 0 Å². The molecule has 0 aromatic heterocycles. The Labute approximate surface area is 98.0 Å². The van der Waals surface area contributed by atoms with Gasteiger partial charge in [0.2, 0.25) is 0 Å². The molecule has 6 heteroatoms. The van der Waals surface area contributed by atoms with Gasteiger partial charge in [-0.1, -0.05) is 13.8 Å². The number of rotatable bonds is 0. The van der Waals surface area contributed by atoms with Gasteiger partial charge in [0.05, 0.1) is 0 Å². The zero-order valence-electron chi connectivity index (χ0n) is 5.00. The van der Waals surface area contributed by atoms with Gasteiger partial charge in [0.15, 0.2) is 0 Å². The molecule has 0 N–H and O–H groups in total. The average molecular weight is 320 g/mol. The second kappa shape index (κ2) is 32.6. The van der Waals surface area contributed by atoms with E-state index in [1.807, 2.05) is 0 Å². The molecule has 9 heavy (non-hydrogen) atoms. The van der Waals surface area contributed by atoms with Crippen LogP contribution in [0.3, 0.4) is 0 Å². The fourth-order valence-corrected chi connectivity index (χ4v) is 0. The van der Waals surface area contributed by atoms with E-state index in [4.69, 9.17) is 0 Å². The van der Waals surface area contributed by atoms with Crippen LogP contribution in [0.15, 0.2) is 0 Å². The summed E-state index contributed by atoms with van der Waals surface area (Å²) in [6.45, 7) is 3.22. The smallest absolute Gasteiger partial charge is 1.00 e. The number of hydrogen-bond donors (Lipinski definition) is 0. The molecule has 0 fully saturated rings. The molecule has 0 heterocycles. The van der Waals surface area contributed by atoms with Gasteiger partial charge < -0.3 is 54.7 Å². The molecule has 0 spiro atoms. The Kier molecular flexibility index (Phi) is 161. The first-order chi connectivity index (χ1) is 1.73. The SMILES string of the molecule is CC(C)[O-].[Cl-].[Cl-].[Cl-].[Cl-].[Sn+4]. The quantitative estimate of drug-likeness (QED) is 0.407. The standard InChI is InChI=1S/C3H7O.4ClH.Sn/c1-3(2)4;;;;;/h3H,1-2H3;4*1H;/q-1;;;;;+4/p-4. The Bertz CT molecular complexity index is 20.5. The first-order valence-electron chi connectivity index (χ1n) is 1.39. The van der Waals surface area contributed by atoms with Gasteiger partial charge >= 0.3 is 23.9 Å². The molecule has 0 saturated carbocycles. The third-order valence-corrected chi connectivity index (χ3v) is 0. The van der Waals surface area contributed by atoms with Crippen molar-refractivity contribution in [2.45, 2.75) is 20.0 Å². The second-order valence-electron chi connectivity index (χ2n) is 1.05. The maximum atomic E-state index is 9.53. The van der Waals surface area contributed by atoms with Crippen molar-refractivity contribution in [3.8, 4) is 0 Å². The van der Waals surface area contributed by atoms with Crippen LogP contribution in [0.1, 0.15) is 13.8 Å². The van der Waals surface area contributed by atoms with Gasteiger partial charge in [-0.2, -0.15) is 0 Å². The minimum Gasteiger partial charge on any atom is -1.00 e. The maximum absolute atomic E-state index is 9.53. The van der Waals surface area contributed by atoms with Crippen LogP contribution in [-0.4, -0.2) is 30.0 Å². The van der Waals surface area contributed by atoms with Crippen molar-refractivity contribution in [3.05, 3.63) is 0 Å². The molecule has 0 aromatic rings. The van der Waals surface area contributed by atoms with Crippen LogP contribution in [0.4, 0.5) is 0 Å². The molecule has 0 radical (unpaired) electrons. The van der Waals surface area contributed by atoms with Gasteiger partial charge in [-0.15, -0.1) is 6.10 Å². The Balaban J connectivity index is -0.00000000450. The van der Waals surface area contributed by atoms with Crippen molar-refractivity contribution in [1.29, 1.82) is 0 Å². The summed E-state index contributed by atoms with van der Waals surface area (Å²) in [5.41, 5.74) is 0. The minimum absolute atomic E-state index is 0. The van der Waals surface area contributed by atoms with Crippen LogP contribution in [0.5, 0.6) is 0 Å². The molecule has 0 atom stereocenters. The monoisotopic (exact) mass is 319 g/mol. The first-order valence-corrected chi connectivity index (χ1v) is 1.39. The van der Waals surface area contributed by atoms with Gasteiger partial charge in [-0.3, -0.25) is 0 Å². The molecular weight excluding hydrogens is 313 g/mol. The molecule has 0 aliphatic heterocycles. The Morgan fingerprint density at radius 1 is 0.889 bits per heavy atom. The van der Waals surface area contributed by atoms with E-state index in [-0.39, 0.29) is 73.5 Å². The summed E-state index contributed by atoms with van der Waals surface area (Å²) in [6.07, 6.45) is -0.417. The fourth-order valence-electron chi connectivity index (χ4n) is 0. The second-order valence-corrected chi connectivity index (χ2v) is 1.05. The van der Waals surface area contributed by atoms with Crippen molar-refractivity contribution in [2.75, 3.05) is 0 Å². The third-order valence-electron chi connectivity index (χ3n) is 0. The van der Waals surface area contributed by atoms with Crippen LogP contribution >= 0.6 is 0 Å². The molecule has 0 bridgehead atoms. The van der Waals surface area contributed by atoms with Crippen molar-refractivity contribution in [1.82, 2.24) is 0 Å². The Morgan fingerprint density at radius 3 is 0.889 bits per heavy atom. The largest absolute Gasteiger partial charge is 4.00 e. The topological polar surface area (TPSA) is 23.1 Å². The summed E-state index contributed by atoms with van der Waals surface area (Å²) in [5, 5.41) is 9.53. The van der Waals surface area contributed by atoms with Crippen molar-refractivity contribution in [3.63, 3.8) is 0 Å². The van der Waals surface area contributed by atoms with E-state index in [1.165, 1.54) is 0 Å². The molecule has 0 saturated heterocycles. The van der Waals surface area contributed by atoms with E-state index in [2.05, 4.69) is 0 Å². The van der Waals surface area contributed by atoms with Crippen LogP contribution in [-0.2, 0) is 0 Å². The van der Waals surface area contributed by atoms with Gasteiger partial charge in [0.25, 0.3) is 0 Å². The summed E-state index contributed by atoms with van der Waals surface area (Å²) in [4.78, 5) is 0. The van der Waals surface area contributed by atoms with Crippen molar-refractivity contribution < 1.29 is 54.7 Å². The zero-order chi connectivity index (χ0) is 3.58. The summed E-state index contributed by atoms with van der Waals surface area (Å²) >= 11 is 0. The molecule has 0 aromatic carbocycles. The fraction of sp³-hybridized carbons (Fsp3) is 1.00. The van der Waals surface area contributed by atoms with Crippen molar-refractivity contribution in [2.24, 2.45) is 0 Å². The molecule has 0 amide bonds. The van der Waals surface area contributed by atoms with E-state index in [1.54, 1.807) is 13.8 Å². The molecule has 58 valence electrons. The molecule has 0 aliphatic rings. The van der Waals surface area contributed by atoms with E-state index < -0.39 is 6.10 Å². The van der Waals surface area contributed by atoms with E-state index >= 15 is 0 Å². The first kappa shape index (κ1) is 44.4. The average Bonchev–Trinajstić information content (AvgIpc) is 0.811. The van der Waals surface area contributed by atoms with E-state index in [9.17, 15) is 5.11 Å². The summed E-state index contributed by atoms with van der Waals surface area (Å²) in [7, 11) is 0. The molecule has 1 nitrogen and oxygen atoms in total. The van der Waals surface area contributed by atoms with Gasteiger partial charge in [-0.25, -0.2) is 0 Å². The predicted molar refractivity (Wildman–Crippen MR) is 20.9 cm³/mol. The van der Waals surface area contributed by atoms with Gasteiger partial charge in [0.1, 0.15) is 0 Å².